The number of benzene rings is 2. The number of nitrogens with zero attached hydrogens (tertiary/aromatic N) is 5. The number of hydrazone groups is 1. The molecule has 1 aliphatic rings. The van der Waals surface area contributed by atoms with Gasteiger partial charge >= 0.3 is 0 Å². The highest BCUT2D eigenvalue weighted by atomic mass is 32.1. The Balaban J connectivity index is 1.58. The molecular formula is C19H20N6O2S. The van der Waals surface area contributed by atoms with Crippen LogP contribution in [-0.4, -0.2) is 54.2 Å². The van der Waals surface area contributed by atoms with Crippen LogP contribution in [0.1, 0.15) is 5.56 Å². The van der Waals surface area contributed by atoms with Crippen LogP contribution in [0.5, 0.6) is 0 Å². The van der Waals surface area contributed by atoms with E-state index in [1.807, 2.05) is 30.3 Å². The maximum Gasteiger partial charge on any atom is 0.270 e. The Morgan fingerprint density at radius 3 is 2.75 bits per heavy atom. The number of non-ortho nitro benzene ring substituents is 1. The van der Waals surface area contributed by atoms with E-state index in [1.54, 1.807) is 18.3 Å². The number of nitro groups is 1. The third-order valence-corrected chi connectivity index (χ3v) is 5.66. The van der Waals surface area contributed by atoms with Crippen molar-refractivity contribution >= 4 is 44.3 Å². The number of nitrogens with one attached hydrogen (secondary N) is 1. The van der Waals surface area contributed by atoms with Crippen molar-refractivity contribution in [1.29, 1.82) is 0 Å². The van der Waals surface area contributed by atoms with Gasteiger partial charge in [0.1, 0.15) is 0 Å². The molecule has 4 rings (SSSR count). The number of para-hydroxylation sites is 1. The van der Waals surface area contributed by atoms with Crippen molar-refractivity contribution in [3.63, 3.8) is 0 Å². The van der Waals surface area contributed by atoms with E-state index >= 15 is 0 Å². The number of hydrogen-bond donors (Lipinski definition) is 1. The van der Waals surface area contributed by atoms with Crippen molar-refractivity contribution in [3.8, 4) is 0 Å². The van der Waals surface area contributed by atoms with E-state index < -0.39 is 0 Å². The number of rotatable bonds is 5. The van der Waals surface area contributed by atoms with Gasteiger partial charge in [-0.3, -0.25) is 15.5 Å². The van der Waals surface area contributed by atoms with Crippen LogP contribution in [0.15, 0.2) is 47.6 Å². The quantitative estimate of drug-likeness (QED) is 0.404. The maximum absolute atomic E-state index is 11.2. The monoisotopic (exact) mass is 396 g/mol. The Kier molecular flexibility index (Phi) is 5.18. The van der Waals surface area contributed by atoms with Crippen molar-refractivity contribution < 1.29 is 4.92 Å². The summed E-state index contributed by atoms with van der Waals surface area (Å²) in [6.45, 7) is 3.66. The second-order valence-corrected chi connectivity index (χ2v) is 7.68. The molecule has 2 heterocycles. The molecule has 0 saturated carbocycles. The summed E-state index contributed by atoms with van der Waals surface area (Å²) in [5, 5.41) is 16.2. The Labute approximate surface area is 166 Å². The first-order valence-electron chi connectivity index (χ1n) is 8.97. The highest BCUT2D eigenvalue weighted by Crippen LogP contribution is 2.27. The van der Waals surface area contributed by atoms with Crippen molar-refractivity contribution in [2.24, 2.45) is 5.10 Å². The molecule has 28 heavy (non-hydrogen) atoms. The summed E-state index contributed by atoms with van der Waals surface area (Å²) in [4.78, 5) is 19.8. The first-order chi connectivity index (χ1) is 13.6. The molecule has 1 fully saturated rings. The molecule has 1 N–H and O–H groups in total. The van der Waals surface area contributed by atoms with E-state index in [1.165, 1.54) is 11.3 Å². The van der Waals surface area contributed by atoms with Gasteiger partial charge in [0, 0.05) is 49.6 Å². The number of aromatic nitrogens is 1. The molecule has 3 aromatic rings. The number of fused-ring (bicyclic) bond motifs is 1. The molecule has 9 heteroatoms. The molecule has 1 aromatic heterocycles. The second-order valence-electron chi connectivity index (χ2n) is 6.65. The highest BCUT2D eigenvalue weighted by Gasteiger charge is 2.18. The van der Waals surface area contributed by atoms with E-state index in [-0.39, 0.29) is 10.6 Å². The van der Waals surface area contributed by atoms with Crippen molar-refractivity contribution in [2.45, 2.75) is 0 Å². The minimum Gasteiger partial charge on any atom is -0.368 e. The van der Waals surface area contributed by atoms with Gasteiger partial charge in [0.25, 0.3) is 5.69 Å². The summed E-state index contributed by atoms with van der Waals surface area (Å²) in [6.07, 6.45) is 1.63. The van der Waals surface area contributed by atoms with Gasteiger partial charge in [-0.15, -0.1) is 0 Å². The third kappa shape index (κ3) is 3.95. The van der Waals surface area contributed by atoms with Gasteiger partial charge in [-0.05, 0) is 25.2 Å². The van der Waals surface area contributed by atoms with Crippen LogP contribution in [0, 0.1) is 10.1 Å². The second kappa shape index (κ2) is 7.91. The van der Waals surface area contributed by atoms with Crippen molar-refractivity contribution in [3.05, 3.63) is 58.1 Å². The molecule has 0 amide bonds. The normalized spacial score (nSPS) is 15.4. The summed E-state index contributed by atoms with van der Waals surface area (Å²) < 4.78 is 1.08. The zero-order valence-corrected chi connectivity index (χ0v) is 16.2. The van der Waals surface area contributed by atoms with E-state index in [4.69, 9.17) is 0 Å². The molecule has 0 bridgehead atoms. The topological polar surface area (TPSA) is 86.9 Å². The molecule has 0 spiro atoms. The zero-order chi connectivity index (χ0) is 19.5. The van der Waals surface area contributed by atoms with Gasteiger partial charge in [0.15, 0.2) is 0 Å². The van der Waals surface area contributed by atoms with Crippen LogP contribution in [0.2, 0.25) is 0 Å². The molecule has 0 radical (unpaired) electrons. The lowest BCUT2D eigenvalue weighted by Gasteiger charge is -2.34. The summed E-state index contributed by atoms with van der Waals surface area (Å²) >= 11 is 1.51. The van der Waals surface area contributed by atoms with Gasteiger partial charge in [0.2, 0.25) is 5.13 Å². The van der Waals surface area contributed by atoms with E-state index in [0.29, 0.717) is 10.7 Å². The third-order valence-electron chi connectivity index (χ3n) is 4.72. The Bertz CT molecular complexity index is 993. The average Bonchev–Trinajstić information content (AvgIpc) is 3.11. The number of hydrogen-bond acceptors (Lipinski definition) is 8. The van der Waals surface area contributed by atoms with Crippen LogP contribution >= 0.6 is 11.3 Å². The minimum absolute atomic E-state index is 0.0549. The molecule has 2 aromatic carbocycles. The minimum atomic E-state index is -0.383. The fraction of sp³-hybridized carbons (Fsp3) is 0.263. The zero-order valence-electron chi connectivity index (χ0n) is 15.4. The predicted octanol–water partition coefficient (Wildman–Crippen LogP) is 3.40. The van der Waals surface area contributed by atoms with Crippen molar-refractivity contribution in [2.75, 3.05) is 43.6 Å². The summed E-state index contributed by atoms with van der Waals surface area (Å²) in [5.74, 6) is 0. The van der Waals surface area contributed by atoms with Gasteiger partial charge in [-0.25, -0.2) is 4.98 Å². The number of anilines is 2. The van der Waals surface area contributed by atoms with Gasteiger partial charge in [-0.1, -0.05) is 23.5 Å². The summed E-state index contributed by atoms with van der Waals surface area (Å²) in [7, 11) is 2.09. The molecule has 144 valence electrons. The summed E-state index contributed by atoms with van der Waals surface area (Å²) in [5.41, 5.74) is 5.59. The smallest absolute Gasteiger partial charge is 0.270 e. The van der Waals surface area contributed by atoms with Crippen LogP contribution in [-0.2, 0) is 0 Å². The van der Waals surface area contributed by atoms with Crippen LogP contribution < -0.4 is 10.3 Å². The Hall–Kier alpha value is -3.04. The first kappa shape index (κ1) is 18.3. The fourth-order valence-corrected chi connectivity index (χ4v) is 3.99. The van der Waals surface area contributed by atoms with Crippen LogP contribution in [0.25, 0.3) is 10.2 Å². The standard InChI is InChI=1S/C19H20N6O2S/c1-23-8-10-24(11-9-23)17-7-6-15(25(26)27)12-14(17)13-20-22-19-21-16-4-2-3-5-18(16)28-19/h2-7,12-13H,8-11H2,1H3,(H,21,22). The molecular weight excluding hydrogens is 376 g/mol. The number of piperazine rings is 1. The van der Waals surface area contributed by atoms with E-state index in [2.05, 4.69) is 32.4 Å². The number of thiazole rings is 1. The molecule has 0 atom stereocenters. The maximum atomic E-state index is 11.2. The van der Waals surface area contributed by atoms with Crippen molar-refractivity contribution in [1.82, 2.24) is 9.88 Å². The average molecular weight is 396 g/mol. The Morgan fingerprint density at radius 1 is 1.21 bits per heavy atom. The van der Waals surface area contributed by atoms with Crippen LogP contribution in [0.4, 0.5) is 16.5 Å². The summed E-state index contributed by atoms with van der Waals surface area (Å²) in [6, 6.07) is 12.8. The SMILES string of the molecule is CN1CCN(c2ccc([N+](=O)[O-])cc2C=NNc2nc3ccccc3s2)CC1. The number of likely N-dealkylation sites (N-methyl/N-ethyl adjacent to an activating group) is 1. The van der Waals surface area contributed by atoms with Crippen LogP contribution in [0.3, 0.4) is 0 Å². The molecule has 0 unspecified atom stereocenters. The van der Waals surface area contributed by atoms with Gasteiger partial charge in [0.05, 0.1) is 21.4 Å². The van der Waals surface area contributed by atoms with Gasteiger partial charge in [-0.2, -0.15) is 5.10 Å². The Morgan fingerprint density at radius 2 is 2.00 bits per heavy atom. The first-order valence-corrected chi connectivity index (χ1v) is 9.78. The van der Waals surface area contributed by atoms with E-state index in [0.717, 1.165) is 42.1 Å². The lowest BCUT2D eigenvalue weighted by atomic mass is 10.1. The number of nitro benzene ring substituents is 1. The fourth-order valence-electron chi connectivity index (χ4n) is 3.17. The van der Waals surface area contributed by atoms with E-state index in [9.17, 15) is 10.1 Å². The largest absolute Gasteiger partial charge is 0.368 e. The lowest BCUT2D eigenvalue weighted by molar-refractivity contribution is -0.384. The molecule has 1 aliphatic heterocycles. The molecule has 0 aliphatic carbocycles. The molecule has 8 nitrogen and oxygen atoms in total. The lowest BCUT2D eigenvalue weighted by Crippen LogP contribution is -2.44. The highest BCUT2D eigenvalue weighted by molar-refractivity contribution is 7.22. The predicted molar refractivity (Wildman–Crippen MR) is 114 cm³/mol. The van der Waals surface area contributed by atoms with Gasteiger partial charge < -0.3 is 9.80 Å². The molecule has 1 saturated heterocycles.